The minimum Gasteiger partial charge on any atom is -0.289 e. The molecule has 0 aromatic heterocycles. The zero-order valence-electron chi connectivity index (χ0n) is 9.96. The molecule has 0 fully saturated rings. The second kappa shape index (κ2) is 3.87. The molecule has 0 saturated carbocycles. The van der Waals surface area contributed by atoms with Crippen LogP contribution < -0.4 is 5.43 Å². The van der Waals surface area contributed by atoms with E-state index in [1.807, 2.05) is 48.5 Å². The average Bonchev–Trinajstić information content (AvgIpc) is 2.46. The lowest BCUT2D eigenvalue weighted by molar-refractivity contribution is 1.44. The summed E-state index contributed by atoms with van der Waals surface area (Å²) in [6.07, 6.45) is 0. The van der Waals surface area contributed by atoms with Gasteiger partial charge in [-0.1, -0.05) is 36.4 Å². The van der Waals surface area contributed by atoms with Gasteiger partial charge in [0.1, 0.15) is 0 Å². The van der Waals surface area contributed by atoms with E-state index in [0.717, 1.165) is 31.6 Å². The van der Waals surface area contributed by atoms with Gasteiger partial charge in [-0.3, -0.25) is 4.79 Å². The largest absolute Gasteiger partial charge is 0.289 e. The van der Waals surface area contributed by atoms with Crippen LogP contribution in [0, 0.1) is 0 Å². The van der Waals surface area contributed by atoms with Gasteiger partial charge in [-0.2, -0.15) is 0 Å². The van der Waals surface area contributed by atoms with Gasteiger partial charge in [-0.05, 0) is 12.1 Å². The molecule has 0 unspecified atom stereocenters. The fourth-order valence-corrected chi connectivity index (χ4v) is 3.39. The van der Waals surface area contributed by atoms with Crippen LogP contribution in [0.5, 0.6) is 0 Å². The Labute approximate surface area is 113 Å². The molecule has 2 aromatic rings. The van der Waals surface area contributed by atoms with E-state index in [4.69, 9.17) is 4.98 Å². The fraction of sp³-hybridized carbons (Fsp3) is 0. The molecule has 0 bridgehead atoms. The van der Waals surface area contributed by atoms with Crippen molar-refractivity contribution in [1.82, 2.24) is 4.98 Å². The highest BCUT2D eigenvalue weighted by molar-refractivity contribution is 7.21. The number of nitrogens with zero attached hydrogens (tertiary/aromatic N) is 1. The second-order valence-electron chi connectivity index (χ2n) is 4.45. The van der Waals surface area contributed by atoms with E-state index < -0.39 is 0 Å². The first-order valence-electron chi connectivity index (χ1n) is 6.04. The minimum atomic E-state index is 0.0661. The molecule has 1 aliphatic carbocycles. The van der Waals surface area contributed by atoms with Crippen molar-refractivity contribution in [3.63, 3.8) is 0 Å². The van der Waals surface area contributed by atoms with Crippen LogP contribution in [0.3, 0.4) is 0 Å². The van der Waals surface area contributed by atoms with Crippen LogP contribution in [0.4, 0.5) is 0 Å². The predicted octanol–water partition coefficient (Wildman–Crippen LogP) is 3.91. The molecule has 0 radical (unpaired) electrons. The Hall–Kier alpha value is -2.26. The van der Waals surface area contributed by atoms with Crippen LogP contribution in [0.2, 0.25) is 0 Å². The van der Waals surface area contributed by atoms with Crippen LogP contribution in [0.25, 0.3) is 31.6 Å². The number of benzene rings is 3. The van der Waals surface area contributed by atoms with Crippen molar-refractivity contribution in [3.05, 3.63) is 64.8 Å². The third-order valence-electron chi connectivity index (χ3n) is 3.26. The number of fused-ring (bicyclic) bond motifs is 4. The van der Waals surface area contributed by atoms with Gasteiger partial charge in [-0.25, -0.2) is 4.98 Å². The summed E-state index contributed by atoms with van der Waals surface area (Å²) in [6.45, 7) is 0. The maximum atomic E-state index is 12.1. The molecule has 3 heteroatoms. The van der Waals surface area contributed by atoms with Crippen molar-refractivity contribution in [2.75, 3.05) is 0 Å². The minimum absolute atomic E-state index is 0.0661. The monoisotopic (exact) mass is 263 g/mol. The zero-order chi connectivity index (χ0) is 12.8. The van der Waals surface area contributed by atoms with Gasteiger partial charge in [-0.15, -0.1) is 11.3 Å². The van der Waals surface area contributed by atoms with E-state index in [0.29, 0.717) is 0 Å². The number of hydrogen-bond acceptors (Lipinski definition) is 3. The normalized spacial score (nSPS) is 11.4. The lowest BCUT2D eigenvalue weighted by atomic mass is 10.1. The molecule has 1 heterocycles. The van der Waals surface area contributed by atoms with Gasteiger partial charge in [0.2, 0.25) is 0 Å². The van der Waals surface area contributed by atoms with Crippen molar-refractivity contribution in [1.29, 1.82) is 0 Å². The highest BCUT2D eigenvalue weighted by Crippen LogP contribution is 2.33. The molecule has 4 rings (SSSR count). The zero-order valence-corrected chi connectivity index (χ0v) is 10.8. The maximum Gasteiger partial charge on any atom is 0.188 e. The summed E-state index contributed by atoms with van der Waals surface area (Å²) in [5.74, 6) is 0. The van der Waals surface area contributed by atoms with E-state index in [1.54, 1.807) is 17.4 Å². The van der Waals surface area contributed by atoms with E-state index in [-0.39, 0.29) is 5.43 Å². The summed E-state index contributed by atoms with van der Waals surface area (Å²) in [4.78, 5) is 17.8. The Morgan fingerprint density at radius 2 is 1.63 bits per heavy atom. The lowest BCUT2D eigenvalue weighted by Crippen LogP contribution is -2.02. The van der Waals surface area contributed by atoms with Crippen molar-refractivity contribution in [2.24, 2.45) is 0 Å². The topological polar surface area (TPSA) is 30.0 Å². The van der Waals surface area contributed by atoms with E-state index >= 15 is 0 Å². The highest BCUT2D eigenvalue weighted by atomic mass is 32.1. The molecular weight excluding hydrogens is 254 g/mol. The standard InChI is InChI=1S/C16H9NOS/c18-13-9-15-16(11-6-2-1-5-10(11)13)17-12-7-3-4-8-14(12)19-15/h1-9H. The Morgan fingerprint density at radius 1 is 0.895 bits per heavy atom. The van der Waals surface area contributed by atoms with Crippen molar-refractivity contribution in [2.45, 2.75) is 0 Å². The maximum absolute atomic E-state index is 12.1. The Morgan fingerprint density at radius 3 is 2.53 bits per heavy atom. The SMILES string of the molecule is O=c1cc2sc3ccccc3nc-2c2ccccc12. The molecule has 90 valence electrons. The molecule has 0 atom stereocenters. The Kier molecular flexibility index (Phi) is 2.17. The van der Waals surface area contributed by atoms with Crippen molar-refractivity contribution < 1.29 is 0 Å². The molecule has 2 nitrogen and oxygen atoms in total. The summed E-state index contributed by atoms with van der Waals surface area (Å²) in [5, 5.41) is 1.68. The summed E-state index contributed by atoms with van der Waals surface area (Å²) < 4.78 is 1.10. The van der Waals surface area contributed by atoms with Crippen molar-refractivity contribution >= 4 is 32.3 Å². The van der Waals surface area contributed by atoms with Gasteiger partial charge in [0.15, 0.2) is 5.43 Å². The third-order valence-corrected chi connectivity index (χ3v) is 4.36. The molecule has 0 N–H and O–H groups in total. The molecule has 0 amide bonds. The average molecular weight is 263 g/mol. The molecule has 0 spiro atoms. The summed E-state index contributed by atoms with van der Waals surface area (Å²) >= 11 is 1.62. The first kappa shape index (κ1) is 10.6. The fourth-order valence-electron chi connectivity index (χ4n) is 2.37. The molecular formula is C16H9NOS. The smallest absolute Gasteiger partial charge is 0.188 e. The molecule has 1 aliphatic heterocycles. The number of hydrogen-bond donors (Lipinski definition) is 0. The van der Waals surface area contributed by atoms with Gasteiger partial charge >= 0.3 is 0 Å². The number of para-hydroxylation sites is 1. The van der Waals surface area contributed by atoms with E-state index in [2.05, 4.69) is 0 Å². The van der Waals surface area contributed by atoms with Crippen LogP contribution in [0.15, 0.2) is 59.4 Å². The van der Waals surface area contributed by atoms with Gasteiger partial charge in [0.05, 0.1) is 20.8 Å². The lowest BCUT2D eigenvalue weighted by Gasteiger charge is -2.08. The predicted molar refractivity (Wildman–Crippen MR) is 80.0 cm³/mol. The van der Waals surface area contributed by atoms with Crippen molar-refractivity contribution in [3.8, 4) is 10.6 Å². The third kappa shape index (κ3) is 1.55. The molecule has 2 aliphatic rings. The molecule has 2 aromatic carbocycles. The summed E-state index contributed by atoms with van der Waals surface area (Å²) in [5.41, 5.74) is 1.96. The van der Waals surface area contributed by atoms with E-state index in [9.17, 15) is 4.79 Å². The van der Waals surface area contributed by atoms with Crippen LogP contribution in [-0.4, -0.2) is 4.98 Å². The highest BCUT2D eigenvalue weighted by Gasteiger charge is 2.13. The Balaban J connectivity index is 2.30. The molecule has 19 heavy (non-hydrogen) atoms. The van der Waals surface area contributed by atoms with Gasteiger partial charge in [0.25, 0.3) is 0 Å². The quantitative estimate of drug-likeness (QED) is 0.355. The Bertz CT molecular complexity index is 942. The molecule has 0 saturated heterocycles. The first-order chi connectivity index (χ1) is 9.33. The van der Waals surface area contributed by atoms with Crippen LogP contribution in [-0.2, 0) is 0 Å². The first-order valence-corrected chi connectivity index (χ1v) is 6.86. The van der Waals surface area contributed by atoms with Crippen LogP contribution in [0.1, 0.15) is 0 Å². The van der Waals surface area contributed by atoms with Gasteiger partial charge < -0.3 is 0 Å². The number of rotatable bonds is 0. The van der Waals surface area contributed by atoms with E-state index in [1.165, 1.54) is 0 Å². The summed E-state index contributed by atoms with van der Waals surface area (Å²) in [6, 6.07) is 17.4. The van der Waals surface area contributed by atoms with Crippen LogP contribution >= 0.6 is 11.3 Å². The summed E-state index contributed by atoms with van der Waals surface area (Å²) in [7, 11) is 0. The second-order valence-corrected chi connectivity index (χ2v) is 5.53. The van der Waals surface area contributed by atoms with Gasteiger partial charge in [0, 0.05) is 16.8 Å². The number of aromatic nitrogens is 1.